The van der Waals surface area contributed by atoms with Crippen LogP contribution in [0.2, 0.25) is 0 Å². The number of ether oxygens (including phenoxy) is 2. The Morgan fingerprint density at radius 3 is 2.29 bits per heavy atom. The summed E-state index contributed by atoms with van der Waals surface area (Å²) in [4.78, 5) is 27.9. The van der Waals surface area contributed by atoms with E-state index < -0.39 is 17.2 Å². The molecule has 1 amide bonds. The van der Waals surface area contributed by atoms with Gasteiger partial charge in [-0.25, -0.2) is 9.59 Å². The number of alkyl carbamates (subject to hydrolysis) is 1. The lowest BCUT2D eigenvalue weighted by atomic mass is 9.82. The number of rotatable bonds is 5. The summed E-state index contributed by atoms with van der Waals surface area (Å²) in [6.07, 6.45) is 2.59. The van der Waals surface area contributed by atoms with E-state index in [1.165, 1.54) is 5.56 Å². The van der Waals surface area contributed by atoms with Gasteiger partial charge in [0, 0.05) is 18.6 Å². The first-order chi connectivity index (χ1) is 13.2. The maximum Gasteiger partial charge on any atom is 0.408 e. The smallest absolute Gasteiger partial charge is 0.408 e. The van der Waals surface area contributed by atoms with Crippen molar-refractivity contribution in [1.82, 2.24) is 10.2 Å². The molecule has 1 N–H and O–H groups in total. The first-order valence-corrected chi connectivity index (χ1v) is 10.2. The topological polar surface area (TPSA) is 67.9 Å². The number of nitrogens with one attached hydrogen (secondary N) is 1. The normalized spacial score (nSPS) is 27.3. The van der Waals surface area contributed by atoms with Crippen molar-refractivity contribution in [3.8, 4) is 0 Å². The van der Waals surface area contributed by atoms with Crippen LogP contribution in [0.5, 0.6) is 0 Å². The molecule has 1 aromatic rings. The number of hydrogen-bond donors (Lipinski definition) is 1. The van der Waals surface area contributed by atoms with Gasteiger partial charge in [-0.15, -0.1) is 0 Å². The Balaban J connectivity index is 1.77. The van der Waals surface area contributed by atoms with Crippen LogP contribution in [0.4, 0.5) is 4.79 Å². The molecular formula is C22H32N2O4. The molecule has 3 rings (SSSR count). The highest BCUT2D eigenvalue weighted by Gasteiger charge is 2.54. The van der Waals surface area contributed by atoms with Crippen LogP contribution in [0.25, 0.3) is 0 Å². The molecule has 2 heterocycles. The molecule has 0 saturated carbocycles. The average Bonchev–Trinajstić information content (AvgIpc) is 2.85. The number of carbonyl (C=O) groups is 2. The van der Waals surface area contributed by atoms with Gasteiger partial charge in [0.25, 0.3) is 0 Å². The number of fused-ring (bicyclic) bond motifs is 2. The predicted molar refractivity (Wildman–Crippen MR) is 107 cm³/mol. The zero-order valence-corrected chi connectivity index (χ0v) is 17.4. The van der Waals surface area contributed by atoms with E-state index in [0.717, 1.165) is 19.4 Å². The van der Waals surface area contributed by atoms with Crippen LogP contribution in [0, 0.1) is 0 Å². The number of amides is 1. The van der Waals surface area contributed by atoms with E-state index in [1.54, 1.807) is 6.92 Å². The molecule has 6 nitrogen and oxygen atoms in total. The summed E-state index contributed by atoms with van der Waals surface area (Å²) in [6, 6.07) is 10.8. The van der Waals surface area contributed by atoms with Gasteiger partial charge >= 0.3 is 12.1 Å². The Labute approximate surface area is 167 Å². The Morgan fingerprint density at radius 2 is 1.75 bits per heavy atom. The Morgan fingerprint density at radius 1 is 1.14 bits per heavy atom. The molecule has 2 bridgehead atoms. The lowest BCUT2D eigenvalue weighted by Gasteiger charge is -2.45. The summed E-state index contributed by atoms with van der Waals surface area (Å²) in [5, 5.41) is 2.90. The van der Waals surface area contributed by atoms with Crippen molar-refractivity contribution in [2.24, 2.45) is 0 Å². The van der Waals surface area contributed by atoms with Crippen LogP contribution in [0.3, 0.4) is 0 Å². The van der Waals surface area contributed by atoms with E-state index in [9.17, 15) is 9.59 Å². The van der Waals surface area contributed by atoms with Gasteiger partial charge in [-0.05, 0) is 58.9 Å². The Bertz CT molecular complexity index is 684. The highest BCUT2D eigenvalue weighted by atomic mass is 16.6. The van der Waals surface area contributed by atoms with E-state index in [-0.39, 0.29) is 18.1 Å². The maximum atomic E-state index is 12.9. The van der Waals surface area contributed by atoms with E-state index in [2.05, 4.69) is 22.3 Å². The summed E-state index contributed by atoms with van der Waals surface area (Å²) in [7, 11) is 0. The van der Waals surface area contributed by atoms with Crippen molar-refractivity contribution >= 4 is 12.1 Å². The molecule has 0 aromatic heterocycles. The highest BCUT2D eigenvalue weighted by Crippen LogP contribution is 2.42. The Hall–Kier alpha value is -2.08. The largest absolute Gasteiger partial charge is 0.464 e. The molecule has 2 aliphatic heterocycles. The molecule has 0 spiro atoms. The van der Waals surface area contributed by atoms with Gasteiger partial charge in [0.1, 0.15) is 11.1 Å². The SMILES string of the molecule is CCOC(=O)C1(NC(=O)OC(C)(C)C)CC2CCC(C1)N2Cc1ccccc1. The Kier molecular flexibility index (Phi) is 5.98. The first-order valence-electron chi connectivity index (χ1n) is 10.2. The predicted octanol–water partition coefficient (Wildman–Crippen LogP) is 3.64. The molecule has 2 fully saturated rings. The zero-order chi connectivity index (χ0) is 20.4. The average molecular weight is 389 g/mol. The number of hydrogen-bond acceptors (Lipinski definition) is 5. The van der Waals surface area contributed by atoms with E-state index in [1.807, 2.05) is 39.0 Å². The van der Waals surface area contributed by atoms with E-state index >= 15 is 0 Å². The summed E-state index contributed by atoms with van der Waals surface area (Å²) in [6.45, 7) is 8.39. The monoisotopic (exact) mass is 388 g/mol. The van der Waals surface area contributed by atoms with Crippen molar-refractivity contribution in [2.45, 2.75) is 83.1 Å². The summed E-state index contributed by atoms with van der Waals surface area (Å²) in [5.41, 5.74) is -0.368. The molecule has 28 heavy (non-hydrogen) atoms. The minimum Gasteiger partial charge on any atom is -0.464 e. The second kappa shape index (κ2) is 8.11. The molecule has 1 aromatic carbocycles. The van der Waals surface area contributed by atoms with Crippen LogP contribution in [0.1, 0.15) is 58.9 Å². The molecule has 0 aliphatic carbocycles. The molecular weight excluding hydrogens is 356 g/mol. The molecule has 6 heteroatoms. The molecule has 2 unspecified atom stereocenters. The number of nitrogens with zero attached hydrogens (tertiary/aromatic N) is 1. The van der Waals surface area contributed by atoms with Gasteiger partial charge in [0.15, 0.2) is 0 Å². The summed E-state index contributed by atoms with van der Waals surface area (Å²) in [5.74, 6) is -0.350. The van der Waals surface area contributed by atoms with Crippen LogP contribution in [-0.4, -0.2) is 46.8 Å². The second-order valence-corrected chi connectivity index (χ2v) is 8.88. The lowest BCUT2D eigenvalue weighted by Crippen LogP contribution is -2.63. The highest BCUT2D eigenvalue weighted by molar-refractivity contribution is 5.86. The van der Waals surface area contributed by atoms with Gasteiger partial charge < -0.3 is 14.8 Å². The minimum atomic E-state index is -1.02. The molecule has 2 saturated heterocycles. The standard InChI is InChI=1S/C22H32N2O4/c1-5-27-19(25)22(23-20(26)28-21(2,3)4)13-17-11-12-18(14-22)24(17)15-16-9-7-6-8-10-16/h6-10,17-18H,5,11-15H2,1-4H3,(H,23,26). The van der Waals surface area contributed by atoms with Gasteiger partial charge in [-0.3, -0.25) is 4.90 Å². The zero-order valence-electron chi connectivity index (χ0n) is 17.4. The van der Waals surface area contributed by atoms with Gasteiger partial charge in [0.2, 0.25) is 0 Å². The molecule has 0 radical (unpaired) electrons. The fraction of sp³-hybridized carbons (Fsp3) is 0.636. The fourth-order valence-electron chi connectivity index (χ4n) is 4.48. The second-order valence-electron chi connectivity index (χ2n) is 8.88. The first kappa shape index (κ1) is 20.6. The lowest BCUT2D eigenvalue weighted by molar-refractivity contribution is -0.155. The third-order valence-corrected chi connectivity index (χ3v) is 5.55. The maximum absolute atomic E-state index is 12.9. The quantitative estimate of drug-likeness (QED) is 0.780. The van der Waals surface area contributed by atoms with Crippen molar-refractivity contribution in [1.29, 1.82) is 0 Å². The van der Waals surface area contributed by atoms with E-state index in [0.29, 0.717) is 19.4 Å². The number of piperidine rings is 1. The molecule has 2 atom stereocenters. The number of esters is 1. The van der Waals surface area contributed by atoms with Crippen molar-refractivity contribution < 1.29 is 19.1 Å². The van der Waals surface area contributed by atoms with Crippen LogP contribution in [-0.2, 0) is 20.8 Å². The third kappa shape index (κ3) is 4.66. The minimum absolute atomic E-state index is 0.235. The number of carbonyl (C=O) groups excluding carboxylic acids is 2. The van der Waals surface area contributed by atoms with Crippen molar-refractivity contribution in [2.75, 3.05) is 6.61 Å². The van der Waals surface area contributed by atoms with Crippen molar-refractivity contribution in [3.05, 3.63) is 35.9 Å². The van der Waals surface area contributed by atoms with Gasteiger partial charge in [-0.2, -0.15) is 0 Å². The summed E-state index contributed by atoms with van der Waals surface area (Å²) < 4.78 is 10.8. The van der Waals surface area contributed by atoms with Gasteiger partial charge in [-0.1, -0.05) is 30.3 Å². The van der Waals surface area contributed by atoms with Crippen LogP contribution >= 0.6 is 0 Å². The number of benzene rings is 1. The van der Waals surface area contributed by atoms with Gasteiger partial charge in [0.05, 0.1) is 6.61 Å². The molecule has 2 aliphatic rings. The van der Waals surface area contributed by atoms with E-state index in [4.69, 9.17) is 9.47 Å². The fourth-order valence-corrected chi connectivity index (χ4v) is 4.48. The van der Waals surface area contributed by atoms with Crippen LogP contribution < -0.4 is 5.32 Å². The van der Waals surface area contributed by atoms with Crippen molar-refractivity contribution in [3.63, 3.8) is 0 Å². The summed E-state index contributed by atoms with van der Waals surface area (Å²) >= 11 is 0. The van der Waals surface area contributed by atoms with Crippen LogP contribution in [0.15, 0.2) is 30.3 Å². The third-order valence-electron chi connectivity index (χ3n) is 5.55. The molecule has 154 valence electrons.